The standard InChI is InChI=1S/C55H112/c1-4-7-10-12-14-16-18-20-22-24-26-28-29-30-31-32-34-36-38-40-42-44-46-48-51-54-55(52-49-9-6-3)53-50-47-45-43-41-39-37-35-33-27-25-23-21-19-17-15-13-11-8-5-2/h55H,4-54H2,1-3H3. The number of rotatable bonds is 51. The van der Waals surface area contributed by atoms with Crippen molar-refractivity contribution in [3.63, 3.8) is 0 Å². The predicted octanol–water partition coefficient (Wildman–Crippen LogP) is 21.6. The van der Waals surface area contributed by atoms with Gasteiger partial charge in [0.1, 0.15) is 0 Å². The van der Waals surface area contributed by atoms with Crippen LogP contribution in [0.4, 0.5) is 0 Å². The Labute approximate surface area is 352 Å². The Hall–Kier alpha value is 0. The molecule has 0 aromatic carbocycles. The van der Waals surface area contributed by atoms with Gasteiger partial charge in [0, 0.05) is 0 Å². The van der Waals surface area contributed by atoms with Gasteiger partial charge in [0.05, 0.1) is 0 Å². The minimum Gasteiger partial charge on any atom is -0.0654 e. The second kappa shape index (κ2) is 52.0. The van der Waals surface area contributed by atoms with Gasteiger partial charge in [0.15, 0.2) is 0 Å². The molecule has 0 saturated heterocycles. The molecule has 1 unspecified atom stereocenters. The van der Waals surface area contributed by atoms with Crippen molar-refractivity contribution in [2.45, 2.75) is 348 Å². The first-order valence-electron chi connectivity index (χ1n) is 27.3. The van der Waals surface area contributed by atoms with Crippen molar-refractivity contribution in [1.82, 2.24) is 0 Å². The Bertz CT molecular complexity index is 622. The first kappa shape index (κ1) is 55.0. The van der Waals surface area contributed by atoms with E-state index in [2.05, 4.69) is 20.8 Å². The molecule has 0 aliphatic carbocycles. The lowest BCUT2D eigenvalue weighted by molar-refractivity contribution is 0.367. The molecule has 0 rings (SSSR count). The molecule has 0 aliphatic heterocycles. The van der Waals surface area contributed by atoms with Gasteiger partial charge in [-0.2, -0.15) is 0 Å². The van der Waals surface area contributed by atoms with Crippen molar-refractivity contribution in [2.24, 2.45) is 5.92 Å². The molecule has 0 aliphatic rings. The zero-order chi connectivity index (χ0) is 39.6. The van der Waals surface area contributed by atoms with E-state index in [9.17, 15) is 0 Å². The van der Waals surface area contributed by atoms with E-state index in [4.69, 9.17) is 0 Å². The van der Waals surface area contributed by atoms with E-state index in [0.717, 1.165) is 5.92 Å². The third-order valence-electron chi connectivity index (χ3n) is 13.4. The lowest BCUT2D eigenvalue weighted by atomic mass is 9.89. The zero-order valence-corrected chi connectivity index (χ0v) is 39.6. The maximum absolute atomic E-state index is 2.37. The Morgan fingerprint density at radius 1 is 0.145 bits per heavy atom. The van der Waals surface area contributed by atoms with Crippen LogP contribution in [0.3, 0.4) is 0 Å². The van der Waals surface area contributed by atoms with Crippen molar-refractivity contribution in [1.29, 1.82) is 0 Å². The van der Waals surface area contributed by atoms with Crippen LogP contribution in [0.2, 0.25) is 0 Å². The molecule has 0 amide bonds. The van der Waals surface area contributed by atoms with E-state index < -0.39 is 0 Å². The van der Waals surface area contributed by atoms with Gasteiger partial charge >= 0.3 is 0 Å². The summed E-state index contributed by atoms with van der Waals surface area (Å²) in [5.41, 5.74) is 0. The van der Waals surface area contributed by atoms with E-state index >= 15 is 0 Å². The molecule has 1 atom stereocenters. The normalized spacial score (nSPS) is 12.3. The number of hydrogen-bond donors (Lipinski definition) is 0. The van der Waals surface area contributed by atoms with E-state index in [1.807, 2.05) is 0 Å². The van der Waals surface area contributed by atoms with Gasteiger partial charge in [-0.25, -0.2) is 0 Å². The van der Waals surface area contributed by atoms with E-state index in [-0.39, 0.29) is 0 Å². The minimum atomic E-state index is 1.03. The summed E-state index contributed by atoms with van der Waals surface area (Å²) in [4.78, 5) is 0. The predicted molar refractivity (Wildman–Crippen MR) is 256 cm³/mol. The molecule has 0 aromatic rings. The molecular weight excluding hydrogens is 661 g/mol. The first-order chi connectivity index (χ1) is 27.3. The summed E-state index contributed by atoms with van der Waals surface area (Å²) in [6, 6.07) is 0. The Balaban J connectivity index is 3.45. The molecule has 0 bridgehead atoms. The van der Waals surface area contributed by atoms with Gasteiger partial charge in [-0.05, 0) is 5.92 Å². The van der Waals surface area contributed by atoms with E-state index in [0.29, 0.717) is 0 Å². The van der Waals surface area contributed by atoms with Crippen molar-refractivity contribution in [3.05, 3.63) is 0 Å². The average Bonchev–Trinajstić information content (AvgIpc) is 3.19. The molecule has 0 fully saturated rings. The Morgan fingerprint density at radius 2 is 0.255 bits per heavy atom. The fourth-order valence-corrected chi connectivity index (χ4v) is 9.38. The minimum absolute atomic E-state index is 1.03. The van der Waals surface area contributed by atoms with Gasteiger partial charge in [-0.15, -0.1) is 0 Å². The summed E-state index contributed by atoms with van der Waals surface area (Å²) in [6.45, 7) is 7.00. The molecule has 0 N–H and O–H groups in total. The molecule has 0 saturated carbocycles. The second-order valence-corrected chi connectivity index (χ2v) is 19.1. The van der Waals surface area contributed by atoms with Crippen LogP contribution in [0.15, 0.2) is 0 Å². The average molecular weight is 774 g/mol. The Morgan fingerprint density at radius 3 is 0.418 bits per heavy atom. The summed E-state index contributed by atoms with van der Waals surface area (Å²) >= 11 is 0. The SMILES string of the molecule is CCCCCCCCCCCCCCCCCCCCCCCCCCCC(CCCCC)CCCCCCCCCCCCCCCCCCCCCC. The molecular formula is C55H112. The topological polar surface area (TPSA) is 0 Å². The van der Waals surface area contributed by atoms with Crippen LogP contribution >= 0.6 is 0 Å². The fraction of sp³-hybridized carbons (Fsp3) is 1.00. The van der Waals surface area contributed by atoms with Gasteiger partial charge in [0.25, 0.3) is 0 Å². The van der Waals surface area contributed by atoms with Crippen molar-refractivity contribution < 1.29 is 0 Å². The lowest BCUT2D eigenvalue weighted by Crippen LogP contribution is -2.01. The van der Waals surface area contributed by atoms with Crippen molar-refractivity contribution in [3.8, 4) is 0 Å². The highest BCUT2D eigenvalue weighted by atomic mass is 14.1. The highest BCUT2D eigenvalue weighted by Gasteiger charge is 2.09. The van der Waals surface area contributed by atoms with E-state index in [1.165, 1.54) is 327 Å². The summed E-state index contributed by atoms with van der Waals surface area (Å²) < 4.78 is 0. The highest BCUT2D eigenvalue weighted by Crippen LogP contribution is 2.25. The van der Waals surface area contributed by atoms with Crippen molar-refractivity contribution in [2.75, 3.05) is 0 Å². The molecule has 0 heteroatoms. The lowest BCUT2D eigenvalue weighted by Gasteiger charge is -2.17. The second-order valence-electron chi connectivity index (χ2n) is 19.1. The third-order valence-corrected chi connectivity index (χ3v) is 13.4. The summed E-state index contributed by atoms with van der Waals surface area (Å²) in [5, 5.41) is 0. The van der Waals surface area contributed by atoms with Gasteiger partial charge < -0.3 is 0 Å². The maximum atomic E-state index is 2.37. The zero-order valence-electron chi connectivity index (χ0n) is 39.6. The van der Waals surface area contributed by atoms with Crippen LogP contribution in [-0.2, 0) is 0 Å². The smallest absolute Gasteiger partial charge is 0.0414 e. The monoisotopic (exact) mass is 773 g/mol. The maximum Gasteiger partial charge on any atom is -0.0414 e. The number of unbranched alkanes of at least 4 members (excludes halogenated alkanes) is 45. The molecule has 0 radical (unpaired) electrons. The summed E-state index contributed by atoms with van der Waals surface area (Å²) in [6.07, 6.45) is 75.8. The van der Waals surface area contributed by atoms with E-state index in [1.54, 1.807) is 0 Å². The van der Waals surface area contributed by atoms with Crippen LogP contribution in [0, 0.1) is 5.92 Å². The van der Waals surface area contributed by atoms with Gasteiger partial charge in [-0.3, -0.25) is 0 Å². The third kappa shape index (κ3) is 50.1. The van der Waals surface area contributed by atoms with Crippen LogP contribution < -0.4 is 0 Å². The van der Waals surface area contributed by atoms with Gasteiger partial charge in [0.2, 0.25) is 0 Å². The van der Waals surface area contributed by atoms with Crippen LogP contribution in [0.5, 0.6) is 0 Å². The molecule has 0 aromatic heterocycles. The first-order valence-corrected chi connectivity index (χ1v) is 27.3. The molecule has 55 heavy (non-hydrogen) atoms. The summed E-state index contributed by atoms with van der Waals surface area (Å²) in [5.74, 6) is 1.03. The van der Waals surface area contributed by atoms with Crippen LogP contribution in [0.25, 0.3) is 0 Å². The largest absolute Gasteiger partial charge is 0.0654 e. The molecule has 0 heterocycles. The van der Waals surface area contributed by atoms with Crippen LogP contribution in [0.1, 0.15) is 348 Å². The molecule has 0 nitrogen and oxygen atoms in total. The highest BCUT2D eigenvalue weighted by molar-refractivity contribution is 4.62. The number of hydrogen-bond acceptors (Lipinski definition) is 0. The quantitative estimate of drug-likeness (QED) is 0.0540. The molecule has 332 valence electrons. The van der Waals surface area contributed by atoms with Crippen LogP contribution in [-0.4, -0.2) is 0 Å². The fourth-order valence-electron chi connectivity index (χ4n) is 9.38. The Kier molecular flexibility index (Phi) is 52.0. The van der Waals surface area contributed by atoms with Crippen molar-refractivity contribution >= 4 is 0 Å². The molecule has 0 spiro atoms. The summed E-state index contributed by atoms with van der Waals surface area (Å²) in [7, 11) is 0. The van der Waals surface area contributed by atoms with Gasteiger partial charge in [-0.1, -0.05) is 348 Å².